The van der Waals surface area contributed by atoms with E-state index >= 15 is 0 Å². The Bertz CT molecular complexity index is 243. The van der Waals surface area contributed by atoms with Crippen LogP contribution < -0.4 is 5.32 Å². The quantitative estimate of drug-likeness (QED) is 0.712. The molecule has 2 heteroatoms. The van der Waals surface area contributed by atoms with Gasteiger partial charge in [-0.05, 0) is 44.6 Å². The van der Waals surface area contributed by atoms with Crippen LogP contribution in [0.15, 0.2) is 0 Å². The maximum Gasteiger partial charge on any atom is 0.00924 e. The van der Waals surface area contributed by atoms with Gasteiger partial charge in [-0.15, -0.1) is 0 Å². The van der Waals surface area contributed by atoms with E-state index in [-0.39, 0.29) is 0 Å². The van der Waals surface area contributed by atoms with Crippen LogP contribution in [0, 0.1) is 5.41 Å². The lowest BCUT2D eigenvalue weighted by molar-refractivity contribution is 0.136. The third kappa shape index (κ3) is 4.24. The highest BCUT2D eigenvalue weighted by molar-refractivity contribution is 4.88. The van der Waals surface area contributed by atoms with E-state index < -0.39 is 0 Å². The highest BCUT2D eigenvalue weighted by Crippen LogP contribution is 2.30. The Hall–Kier alpha value is -0.0800. The zero-order valence-electron chi connectivity index (χ0n) is 12.7. The van der Waals surface area contributed by atoms with E-state index in [0.29, 0.717) is 5.41 Å². The van der Waals surface area contributed by atoms with Crippen molar-refractivity contribution >= 4 is 0 Å². The number of nitrogens with zero attached hydrogens (tertiary/aromatic N) is 1. The first-order valence-electron chi connectivity index (χ1n) is 8.06. The molecule has 0 aliphatic heterocycles. The third-order valence-corrected chi connectivity index (χ3v) is 4.83. The van der Waals surface area contributed by atoms with Gasteiger partial charge in [-0.2, -0.15) is 0 Å². The highest BCUT2D eigenvalue weighted by atomic mass is 15.1. The second-order valence-corrected chi connectivity index (χ2v) is 7.07. The van der Waals surface area contributed by atoms with Gasteiger partial charge in [0, 0.05) is 25.2 Å². The third-order valence-electron chi connectivity index (χ3n) is 4.83. The molecule has 0 heterocycles. The highest BCUT2D eigenvalue weighted by Gasteiger charge is 2.31. The SMILES string of the molecule is CCCC(C)(CNC1CC1)CN(C)C1CCCC1. The zero-order valence-corrected chi connectivity index (χ0v) is 12.7. The summed E-state index contributed by atoms with van der Waals surface area (Å²) in [5.41, 5.74) is 0.467. The number of hydrogen-bond donors (Lipinski definition) is 1. The Balaban J connectivity index is 1.81. The predicted molar refractivity (Wildman–Crippen MR) is 78.9 cm³/mol. The van der Waals surface area contributed by atoms with Crippen molar-refractivity contribution in [3.05, 3.63) is 0 Å². The Morgan fingerprint density at radius 2 is 1.83 bits per heavy atom. The Morgan fingerprint density at radius 1 is 1.17 bits per heavy atom. The lowest BCUT2D eigenvalue weighted by atomic mass is 9.84. The maximum atomic E-state index is 3.75. The van der Waals surface area contributed by atoms with Crippen LogP contribution in [0.5, 0.6) is 0 Å². The summed E-state index contributed by atoms with van der Waals surface area (Å²) >= 11 is 0. The van der Waals surface area contributed by atoms with Gasteiger partial charge in [-0.1, -0.05) is 33.1 Å². The zero-order chi connectivity index (χ0) is 13.0. The van der Waals surface area contributed by atoms with E-state index in [1.807, 2.05) is 0 Å². The standard InChI is InChI=1S/C16H32N2/c1-4-11-16(2,12-17-14-9-10-14)13-18(3)15-7-5-6-8-15/h14-15,17H,4-13H2,1-3H3. The van der Waals surface area contributed by atoms with E-state index in [1.165, 1.54) is 64.5 Å². The fourth-order valence-electron chi connectivity index (χ4n) is 3.58. The lowest BCUT2D eigenvalue weighted by Gasteiger charge is -2.37. The molecule has 0 spiro atoms. The average Bonchev–Trinajstić information content (AvgIpc) is 2.99. The molecule has 18 heavy (non-hydrogen) atoms. The van der Waals surface area contributed by atoms with Gasteiger partial charge in [0.1, 0.15) is 0 Å². The van der Waals surface area contributed by atoms with Gasteiger partial charge in [-0.25, -0.2) is 0 Å². The Labute approximate surface area is 114 Å². The topological polar surface area (TPSA) is 15.3 Å². The van der Waals surface area contributed by atoms with E-state index in [0.717, 1.165) is 12.1 Å². The molecule has 1 unspecified atom stereocenters. The van der Waals surface area contributed by atoms with Crippen molar-refractivity contribution < 1.29 is 0 Å². The lowest BCUT2D eigenvalue weighted by Crippen LogP contribution is -2.44. The van der Waals surface area contributed by atoms with Gasteiger partial charge in [-0.3, -0.25) is 0 Å². The molecular formula is C16H32N2. The fourth-order valence-corrected chi connectivity index (χ4v) is 3.58. The smallest absolute Gasteiger partial charge is 0.00924 e. The number of rotatable bonds is 8. The molecule has 2 saturated carbocycles. The van der Waals surface area contributed by atoms with Crippen LogP contribution in [-0.2, 0) is 0 Å². The summed E-state index contributed by atoms with van der Waals surface area (Å²) < 4.78 is 0. The molecule has 2 aliphatic carbocycles. The summed E-state index contributed by atoms with van der Waals surface area (Å²) in [6, 6.07) is 1.71. The summed E-state index contributed by atoms with van der Waals surface area (Å²) in [5, 5.41) is 3.75. The number of nitrogens with one attached hydrogen (secondary N) is 1. The molecule has 2 aliphatic rings. The summed E-state index contributed by atoms with van der Waals surface area (Å²) in [6.07, 6.45) is 11.2. The van der Waals surface area contributed by atoms with Crippen LogP contribution in [0.1, 0.15) is 65.2 Å². The van der Waals surface area contributed by atoms with Crippen LogP contribution in [0.25, 0.3) is 0 Å². The molecule has 0 aromatic carbocycles. The van der Waals surface area contributed by atoms with Crippen LogP contribution >= 0.6 is 0 Å². The summed E-state index contributed by atoms with van der Waals surface area (Å²) in [5.74, 6) is 0. The van der Waals surface area contributed by atoms with Crippen molar-refractivity contribution in [1.29, 1.82) is 0 Å². The van der Waals surface area contributed by atoms with Crippen molar-refractivity contribution in [3.8, 4) is 0 Å². The summed E-state index contributed by atoms with van der Waals surface area (Å²) in [4.78, 5) is 2.65. The van der Waals surface area contributed by atoms with E-state index in [9.17, 15) is 0 Å². The molecule has 0 radical (unpaired) electrons. The van der Waals surface area contributed by atoms with Gasteiger partial charge < -0.3 is 10.2 Å². The van der Waals surface area contributed by atoms with Gasteiger partial charge in [0.15, 0.2) is 0 Å². The fraction of sp³-hybridized carbons (Fsp3) is 1.00. The van der Waals surface area contributed by atoms with Crippen molar-refractivity contribution in [3.63, 3.8) is 0 Å². The molecule has 0 aromatic heterocycles. The second kappa shape index (κ2) is 6.38. The molecule has 1 N–H and O–H groups in total. The van der Waals surface area contributed by atoms with E-state index in [1.54, 1.807) is 0 Å². The molecule has 2 fully saturated rings. The van der Waals surface area contributed by atoms with Crippen LogP contribution in [0.2, 0.25) is 0 Å². The van der Waals surface area contributed by atoms with E-state index in [4.69, 9.17) is 0 Å². The van der Waals surface area contributed by atoms with Crippen molar-refractivity contribution in [1.82, 2.24) is 10.2 Å². The first-order chi connectivity index (χ1) is 8.63. The van der Waals surface area contributed by atoms with Gasteiger partial charge >= 0.3 is 0 Å². The largest absolute Gasteiger partial charge is 0.313 e. The van der Waals surface area contributed by atoms with Crippen molar-refractivity contribution in [2.75, 3.05) is 20.1 Å². The van der Waals surface area contributed by atoms with E-state index in [2.05, 4.69) is 31.1 Å². The van der Waals surface area contributed by atoms with Gasteiger partial charge in [0.05, 0.1) is 0 Å². The van der Waals surface area contributed by atoms with Gasteiger partial charge in [0.2, 0.25) is 0 Å². The molecule has 2 rings (SSSR count). The van der Waals surface area contributed by atoms with Crippen LogP contribution in [0.4, 0.5) is 0 Å². The molecule has 106 valence electrons. The minimum Gasteiger partial charge on any atom is -0.313 e. The molecule has 0 amide bonds. The summed E-state index contributed by atoms with van der Waals surface area (Å²) in [6.45, 7) is 7.29. The molecule has 0 saturated heterocycles. The maximum absolute atomic E-state index is 3.75. The monoisotopic (exact) mass is 252 g/mol. The minimum absolute atomic E-state index is 0.467. The predicted octanol–water partition coefficient (Wildman–Crippen LogP) is 3.42. The van der Waals surface area contributed by atoms with Gasteiger partial charge in [0.25, 0.3) is 0 Å². The molecule has 1 atom stereocenters. The van der Waals surface area contributed by atoms with Crippen molar-refractivity contribution in [2.24, 2.45) is 5.41 Å². The molecule has 0 bridgehead atoms. The number of hydrogen-bond acceptors (Lipinski definition) is 2. The molecule has 2 nitrogen and oxygen atoms in total. The second-order valence-electron chi connectivity index (χ2n) is 7.07. The molecular weight excluding hydrogens is 220 g/mol. The van der Waals surface area contributed by atoms with Crippen molar-refractivity contribution in [2.45, 2.75) is 77.3 Å². The van der Waals surface area contributed by atoms with Crippen LogP contribution in [-0.4, -0.2) is 37.1 Å². The van der Waals surface area contributed by atoms with Crippen LogP contribution in [0.3, 0.4) is 0 Å². The average molecular weight is 252 g/mol. The Kier molecular flexibility index (Phi) is 5.08. The molecule has 0 aromatic rings. The first kappa shape index (κ1) is 14.3. The summed E-state index contributed by atoms with van der Waals surface area (Å²) in [7, 11) is 2.35. The Morgan fingerprint density at radius 3 is 2.39 bits per heavy atom. The normalized spacial score (nSPS) is 24.7. The minimum atomic E-state index is 0.467. The first-order valence-corrected chi connectivity index (χ1v) is 8.06.